The van der Waals surface area contributed by atoms with Crippen LogP contribution >= 0.6 is 0 Å². The lowest BCUT2D eigenvalue weighted by Crippen LogP contribution is -2.54. The maximum atomic E-state index is 13.1. The van der Waals surface area contributed by atoms with Crippen LogP contribution in [0.5, 0.6) is 0 Å². The summed E-state index contributed by atoms with van der Waals surface area (Å²) in [5.41, 5.74) is 2.29. The number of imidazole rings is 1. The Morgan fingerprint density at radius 2 is 2.03 bits per heavy atom. The number of amides is 2. The summed E-state index contributed by atoms with van der Waals surface area (Å²) in [5.74, 6) is 2.32. The first-order valence-electron chi connectivity index (χ1n) is 13.4. The molecule has 2 N–H and O–H groups in total. The van der Waals surface area contributed by atoms with Gasteiger partial charge in [-0.2, -0.15) is 0 Å². The molecule has 0 unspecified atom stereocenters. The molecule has 1 aliphatic heterocycles. The molecule has 0 aromatic carbocycles. The number of pyridine rings is 1. The van der Waals surface area contributed by atoms with Gasteiger partial charge in [0.05, 0.1) is 12.1 Å². The molecule has 192 valence electrons. The van der Waals surface area contributed by atoms with Crippen LogP contribution in [0, 0.1) is 29.1 Å². The zero-order chi connectivity index (χ0) is 25.3. The van der Waals surface area contributed by atoms with Crippen molar-refractivity contribution < 1.29 is 9.59 Å². The number of aromatic nitrogens is 2. The summed E-state index contributed by atoms with van der Waals surface area (Å²) >= 11 is 0. The zero-order valence-corrected chi connectivity index (χ0v) is 22.3. The topological polar surface area (TPSA) is 78.7 Å². The molecule has 1 saturated heterocycles. The molecule has 4 rings (SSSR count). The lowest BCUT2D eigenvalue weighted by molar-refractivity contribution is -0.131. The maximum absolute atomic E-state index is 13.1. The Morgan fingerprint density at radius 3 is 2.71 bits per heavy atom. The predicted octanol–water partition coefficient (Wildman–Crippen LogP) is 3.77. The molecule has 2 aromatic heterocycles. The van der Waals surface area contributed by atoms with Gasteiger partial charge in [-0.25, -0.2) is 4.98 Å². The zero-order valence-electron chi connectivity index (χ0n) is 22.3. The van der Waals surface area contributed by atoms with Gasteiger partial charge in [0.15, 0.2) is 0 Å². The Labute approximate surface area is 210 Å². The van der Waals surface area contributed by atoms with Crippen LogP contribution in [0.25, 0.3) is 5.65 Å². The molecule has 2 amide bonds. The van der Waals surface area contributed by atoms with E-state index in [9.17, 15) is 9.59 Å². The van der Waals surface area contributed by atoms with Crippen molar-refractivity contribution in [1.82, 2.24) is 24.9 Å². The molecule has 1 aliphatic carbocycles. The van der Waals surface area contributed by atoms with Crippen molar-refractivity contribution >= 4 is 17.5 Å². The number of hydrogen-bond donors (Lipinski definition) is 2. The van der Waals surface area contributed by atoms with Crippen molar-refractivity contribution in [3.63, 3.8) is 0 Å². The third-order valence-electron chi connectivity index (χ3n) is 8.78. The molecule has 7 heteroatoms. The summed E-state index contributed by atoms with van der Waals surface area (Å²) in [6.45, 7) is 16.5. The standard InChI is InChI=1S/C28H43N5O2/c1-7-20-13-22(28(20,5)6)19(4)15-30-27(35)24-9-8-10-25-31-21(16-33(24)25)14-26(34)32-12-11-29-23(17-32)18(2)3/h8-10,16,18-20,22-23,29H,7,11-15,17H2,1-6H3,(H,30,35)/t19-,20+,22+,23+/m0/s1. The Balaban J connectivity index is 1.39. The van der Waals surface area contributed by atoms with Gasteiger partial charge in [-0.05, 0) is 47.6 Å². The third kappa shape index (κ3) is 5.25. The summed E-state index contributed by atoms with van der Waals surface area (Å²) in [6.07, 6.45) is 4.57. The molecule has 0 spiro atoms. The van der Waals surface area contributed by atoms with Gasteiger partial charge in [0.2, 0.25) is 5.91 Å². The number of piperazine rings is 1. The van der Waals surface area contributed by atoms with Crippen LogP contribution in [0.3, 0.4) is 0 Å². The van der Waals surface area contributed by atoms with E-state index in [1.807, 2.05) is 33.7 Å². The molecule has 3 heterocycles. The average Bonchev–Trinajstić information content (AvgIpc) is 3.24. The first-order chi connectivity index (χ1) is 16.6. The van der Waals surface area contributed by atoms with Crippen LogP contribution in [0.2, 0.25) is 0 Å². The molecule has 7 nitrogen and oxygen atoms in total. The van der Waals surface area contributed by atoms with Crippen LogP contribution in [-0.4, -0.2) is 58.3 Å². The van der Waals surface area contributed by atoms with Crippen LogP contribution in [-0.2, 0) is 11.2 Å². The van der Waals surface area contributed by atoms with Crippen molar-refractivity contribution in [2.45, 2.75) is 66.8 Å². The van der Waals surface area contributed by atoms with Crippen molar-refractivity contribution in [3.8, 4) is 0 Å². The Bertz CT molecular complexity index is 1060. The van der Waals surface area contributed by atoms with Gasteiger partial charge in [0, 0.05) is 38.4 Å². The Hall–Kier alpha value is -2.41. The second-order valence-corrected chi connectivity index (χ2v) is 11.6. The number of nitrogens with one attached hydrogen (secondary N) is 2. The summed E-state index contributed by atoms with van der Waals surface area (Å²) in [4.78, 5) is 32.7. The van der Waals surface area contributed by atoms with Gasteiger partial charge in [-0.3, -0.25) is 14.0 Å². The minimum atomic E-state index is -0.0937. The van der Waals surface area contributed by atoms with Crippen molar-refractivity contribution in [2.75, 3.05) is 26.2 Å². The second-order valence-electron chi connectivity index (χ2n) is 11.6. The monoisotopic (exact) mass is 481 g/mol. The SMILES string of the molecule is CC[C@@H]1C[C@H]([C@@H](C)CNC(=O)c2cccc3nc(CC(=O)N4CCN[C@@H](C(C)C)C4)cn23)C1(C)C. The highest BCUT2D eigenvalue weighted by molar-refractivity contribution is 5.93. The molecule has 35 heavy (non-hydrogen) atoms. The van der Waals surface area contributed by atoms with E-state index < -0.39 is 0 Å². The molecular formula is C28H43N5O2. The van der Waals surface area contributed by atoms with E-state index in [2.05, 4.69) is 57.2 Å². The van der Waals surface area contributed by atoms with Gasteiger partial charge in [0.1, 0.15) is 11.3 Å². The highest BCUT2D eigenvalue weighted by Gasteiger charge is 2.48. The number of carbonyl (C=O) groups is 2. The second kappa shape index (κ2) is 10.3. The fourth-order valence-electron chi connectivity index (χ4n) is 6.25. The third-order valence-corrected chi connectivity index (χ3v) is 8.78. The van der Waals surface area contributed by atoms with E-state index in [4.69, 9.17) is 0 Å². The fourth-order valence-corrected chi connectivity index (χ4v) is 6.25. The van der Waals surface area contributed by atoms with Crippen LogP contribution in [0.4, 0.5) is 0 Å². The van der Waals surface area contributed by atoms with Gasteiger partial charge >= 0.3 is 0 Å². The van der Waals surface area contributed by atoms with Crippen molar-refractivity contribution in [3.05, 3.63) is 35.8 Å². The first-order valence-corrected chi connectivity index (χ1v) is 13.4. The minimum Gasteiger partial charge on any atom is -0.350 e. The Kier molecular flexibility index (Phi) is 7.55. The lowest BCUT2D eigenvalue weighted by Gasteiger charge is -2.55. The number of hydrogen-bond acceptors (Lipinski definition) is 4. The van der Waals surface area contributed by atoms with Crippen LogP contribution < -0.4 is 10.6 Å². The number of nitrogens with zero attached hydrogens (tertiary/aromatic N) is 3. The fraction of sp³-hybridized carbons (Fsp3) is 0.679. The molecule has 2 fully saturated rings. The highest BCUT2D eigenvalue weighted by atomic mass is 16.2. The van der Waals surface area contributed by atoms with Gasteiger partial charge in [-0.1, -0.05) is 54.0 Å². The van der Waals surface area contributed by atoms with E-state index in [0.29, 0.717) is 52.8 Å². The summed E-state index contributed by atoms with van der Waals surface area (Å²) in [6, 6.07) is 5.89. The molecule has 0 radical (unpaired) electrons. The highest BCUT2D eigenvalue weighted by Crippen LogP contribution is 2.55. The molecule has 2 aliphatic rings. The number of rotatable bonds is 8. The first kappa shape index (κ1) is 25.7. The smallest absolute Gasteiger partial charge is 0.268 e. The minimum absolute atomic E-state index is 0.0916. The van der Waals surface area contributed by atoms with Gasteiger partial charge < -0.3 is 15.5 Å². The summed E-state index contributed by atoms with van der Waals surface area (Å²) in [7, 11) is 0. The molecule has 1 saturated carbocycles. The van der Waals surface area contributed by atoms with E-state index in [1.54, 1.807) is 0 Å². The normalized spacial score (nSPS) is 24.9. The van der Waals surface area contributed by atoms with Crippen LogP contribution in [0.1, 0.15) is 70.6 Å². The Morgan fingerprint density at radius 1 is 1.26 bits per heavy atom. The summed E-state index contributed by atoms with van der Waals surface area (Å²) < 4.78 is 1.82. The van der Waals surface area contributed by atoms with E-state index in [-0.39, 0.29) is 18.2 Å². The summed E-state index contributed by atoms with van der Waals surface area (Å²) in [5, 5.41) is 6.65. The molecule has 0 bridgehead atoms. The molecular weight excluding hydrogens is 438 g/mol. The number of carbonyl (C=O) groups excluding carboxylic acids is 2. The molecule has 2 aromatic rings. The van der Waals surface area contributed by atoms with E-state index >= 15 is 0 Å². The molecule has 4 atom stereocenters. The van der Waals surface area contributed by atoms with Crippen molar-refractivity contribution in [1.29, 1.82) is 0 Å². The largest absolute Gasteiger partial charge is 0.350 e. The average molecular weight is 482 g/mol. The van der Waals surface area contributed by atoms with E-state index in [1.165, 1.54) is 12.8 Å². The van der Waals surface area contributed by atoms with Crippen LogP contribution in [0.15, 0.2) is 24.4 Å². The predicted molar refractivity (Wildman–Crippen MR) is 139 cm³/mol. The van der Waals surface area contributed by atoms with Gasteiger partial charge in [-0.15, -0.1) is 0 Å². The number of fused-ring (bicyclic) bond motifs is 1. The van der Waals surface area contributed by atoms with Crippen molar-refractivity contribution in [2.24, 2.45) is 29.1 Å². The van der Waals surface area contributed by atoms with E-state index in [0.717, 1.165) is 25.6 Å². The van der Waals surface area contributed by atoms with Gasteiger partial charge in [0.25, 0.3) is 5.91 Å². The lowest BCUT2D eigenvalue weighted by atomic mass is 9.51. The quantitative estimate of drug-likeness (QED) is 0.602. The maximum Gasteiger partial charge on any atom is 0.268 e.